The van der Waals surface area contributed by atoms with Gasteiger partial charge >= 0.3 is 5.97 Å². The van der Waals surface area contributed by atoms with Crippen LogP contribution in [0.1, 0.15) is 46.1 Å². The molecule has 1 heterocycles. The molecule has 1 unspecified atom stereocenters. The number of furan rings is 1. The third kappa shape index (κ3) is 3.45. The van der Waals surface area contributed by atoms with Gasteiger partial charge < -0.3 is 14.5 Å². The van der Waals surface area contributed by atoms with Gasteiger partial charge in [-0.3, -0.25) is 4.79 Å². The molecule has 27 heavy (non-hydrogen) atoms. The molecule has 1 N–H and O–H groups in total. The van der Waals surface area contributed by atoms with Crippen LogP contribution in [0.3, 0.4) is 0 Å². The number of hydrogen-bond acceptors (Lipinski definition) is 4. The summed E-state index contributed by atoms with van der Waals surface area (Å²) < 4.78 is 10.8. The highest BCUT2D eigenvalue weighted by Gasteiger charge is 2.23. The Morgan fingerprint density at radius 2 is 1.93 bits per heavy atom. The Hall–Kier alpha value is -3.08. The molecule has 3 aromatic rings. The van der Waals surface area contributed by atoms with Crippen molar-refractivity contribution in [1.82, 2.24) is 5.32 Å². The largest absolute Gasteiger partial charge is 0.450 e. The Morgan fingerprint density at radius 1 is 1.15 bits per heavy atom. The maximum atomic E-state index is 12.3. The van der Waals surface area contributed by atoms with Crippen LogP contribution < -0.4 is 5.32 Å². The monoisotopic (exact) mass is 363 g/mol. The van der Waals surface area contributed by atoms with Crippen LogP contribution in [0.4, 0.5) is 0 Å². The highest BCUT2D eigenvalue weighted by Crippen LogP contribution is 2.29. The van der Waals surface area contributed by atoms with E-state index < -0.39 is 5.97 Å². The van der Waals surface area contributed by atoms with Gasteiger partial charge in [0.15, 0.2) is 6.61 Å². The Balaban J connectivity index is 1.39. The van der Waals surface area contributed by atoms with E-state index in [-0.39, 0.29) is 24.3 Å². The van der Waals surface area contributed by atoms with E-state index in [1.54, 1.807) is 6.07 Å². The molecule has 1 aromatic heterocycles. The predicted octanol–water partition coefficient (Wildman–Crippen LogP) is 4.09. The summed E-state index contributed by atoms with van der Waals surface area (Å²) in [7, 11) is 0. The standard InChI is InChI=1S/C22H21NO4/c1-14-16-9-4-5-12-19(16)27-21(14)22(25)26-13-20(24)23-18-11-6-8-15-7-2-3-10-17(15)18/h2-5,7,9-10,12,18H,6,8,11,13H2,1H3,(H,23,24). The maximum Gasteiger partial charge on any atom is 0.375 e. The van der Waals surface area contributed by atoms with E-state index in [1.165, 1.54) is 5.56 Å². The van der Waals surface area contributed by atoms with E-state index in [0.29, 0.717) is 5.58 Å². The molecule has 0 bridgehead atoms. The Morgan fingerprint density at radius 3 is 2.78 bits per heavy atom. The lowest BCUT2D eigenvalue weighted by molar-refractivity contribution is -0.125. The molecule has 1 aliphatic carbocycles. The van der Waals surface area contributed by atoms with Crippen LogP contribution in [0.2, 0.25) is 0 Å². The van der Waals surface area contributed by atoms with E-state index in [2.05, 4.69) is 11.4 Å². The summed E-state index contributed by atoms with van der Waals surface area (Å²) in [5.41, 5.74) is 3.77. The minimum absolute atomic E-state index is 0.0333. The van der Waals surface area contributed by atoms with Crippen LogP contribution in [-0.2, 0) is 16.0 Å². The van der Waals surface area contributed by atoms with Crippen molar-refractivity contribution < 1.29 is 18.7 Å². The molecule has 138 valence electrons. The highest BCUT2D eigenvalue weighted by atomic mass is 16.5. The molecule has 5 heteroatoms. The van der Waals surface area contributed by atoms with E-state index in [9.17, 15) is 9.59 Å². The molecule has 1 aliphatic rings. The number of carbonyl (C=O) groups is 2. The van der Waals surface area contributed by atoms with Crippen molar-refractivity contribution in [3.05, 3.63) is 71.0 Å². The summed E-state index contributed by atoms with van der Waals surface area (Å²) >= 11 is 0. The zero-order chi connectivity index (χ0) is 18.8. The third-order valence-corrected chi connectivity index (χ3v) is 5.07. The minimum Gasteiger partial charge on any atom is -0.450 e. The van der Waals surface area contributed by atoms with E-state index in [1.807, 2.05) is 43.3 Å². The molecular weight excluding hydrogens is 342 g/mol. The Labute approximate surface area is 157 Å². The predicted molar refractivity (Wildman–Crippen MR) is 101 cm³/mol. The van der Waals surface area contributed by atoms with Crippen molar-refractivity contribution in [2.24, 2.45) is 0 Å². The first-order valence-electron chi connectivity index (χ1n) is 9.16. The van der Waals surface area contributed by atoms with Crippen LogP contribution in [0.15, 0.2) is 52.9 Å². The molecule has 5 nitrogen and oxygen atoms in total. The van der Waals surface area contributed by atoms with Crippen LogP contribution in [0.5, 0.6) is 0 Å². The number of fused-ring (bicyclic) bond motifs is 2. The molecule has 1 atom stereocenters. The number of para-hydroxylation sites is 1. The van der Waals surface area contributed by atoms with Gasteiger partial charge in [-0.05, 0) is 43.4 Å². The lowest BCUT2D eigenvalue weighted by Gasteiger charge is -2.26. The Bertz CT molecular complexity index is 1000. The molecule has 0 fully saturated rings. The van der Waals surface area contributed by atoms with Crippen molar-refractivity contribution in [2.75, 3.05) is 6.61 Å². The molecule has 2 aromatic carbocycles. The first-order valence-corrected chi connectivity index (χ1v) is 9.16. The van der Waals surface area contributed by atoms with Gasteiger partial charge in [0.1, 0.15) is 5.58 Å². The zero-order valence-corrected chi connectivity index (χ0v) is 15.2. The number of hydrogen-bond donors (Lipinski definition) is 1. The fourth-order valence-electron chi connectivity index (χ4n) is 3.71. The number of esters is 1. The van der Waals surface area contributed by atoms with Crippen molar-refractivity contribution >= 4 is 22.8 Å². The van der Waals surface area contributed by atoms with Gasteiger partial charge in [-0.15, -0.1) is 0 Å². The normalized spacial score (nSPS) is 16.0. The van der Waals surface area contributed by atoms with Gasteiger partial charge in [0.05, 0.1) is 6.04 Å². The number of aryl methyl sites for hydroxylation is 2. The molecule has 0 saturated carbocycles. The second-order valence-corrected chi connectivity index (χ2v) is 6.84. The summed E-state index contributed by atoms with van der Waals surface area (Å²) in [5, 5.41) is 3.84. The van der Waals surface area contributed by atoms with E-state index in [4.69, 9.17) is 9.15 Å². The van der Waals surface area contributed by atoms with Crippen LogP contribution >= 0.6 is 0 Å². The number of benzene rings is 2. The third-order valence-electron chi connectivity index (χ3n) is 5.07. The second-order valence-electron chi connectivity index (χ2n) is 6.84. The van der Waals surface area contributed by atoms with Crippen molar-refractivity contribution in [2.45, 2.75) is 32.2 Å². The summed E-state index contributed by atoms with van der Waals surface area (Å²) in [6, 6.07) is 15.5. The molecular formula is C22H21NO4. The minimum atomic E-state index is -0.622. The smallest absolute Gasteiger partial charge is 0.375 e. The van der Waals surface area contributed by atoms with Gasteiger partial charge in [0, 0.05) is 10.9 Å². The topological polar surface area (TPSA) is 68.5 Å². The summed E-state index contributed by atoms with van der Waals surface area (Å²) in [6.07, 6.45) is 2.95. The fourth-order valence-corrected chi connectivity index (χ4v) is 3.71. The van der Waals surface area contributed by atoms with E-state index >= 15 is 0 Å². The van der Waals surface area contributed by atoms with Gasteiger partial charge in [0.2, 0.25) is 5.76 Å². The number of carbonyl (C=O) groups excluding carboxylic acids is 2. The molecule has 0 aliphatic heterocycles. The van der Waals surface area contributed by atoms with Crippen molar-refractivity contribution in [3.63, 3.8) is 0 Å². The lowest BCUT2D eigenvalue weighted by Crippen LogP contribution is -2.34. The number of rotatable bonds is 4. The van der Waals surface area contributed by atoms with Gasteiger partial charge in [-0.25, -0.2) is 4.79 Å². The van der Waals surface area contributed by atoms with E-state index in [0.717, 1.165) is 35.8 Å². The number of nitrogens with one attached hydrogen (secondary N) is 1. The number of amides is 1. The molecule has 0 spiro atoms. The molecule has 0 radical (unpaired) electrons. The second kappa shape index (κ2) is 7.27. The highest BCUT2D eigenvalue weighted by molar-refractivity contribution is 5.96. The average Bonchev–Trinajstić information content (AvgIpc) is 3.03. The summed E-state index contributed by atoms with van der Waals surface area (Å²) in [4.78, 5) is 24.6. The van der Waals surface area contributed by atoms with Gasteiger partial charge in [-0.1, -0.05) is 42.5 Å². The zero-order valence-electron chi connectivity index (χ0n) is 15.2. The molecule has 4 rings (SSSR count). The number of ether oxygens (including phenoxy) is 1. The van der Waals surface area contributed by atoms with Crippen LogP contribution in [-0.4, -0.2) is 18.5 Å². The lowest BCUT2D eigenvalue weighted by atomic mass is 9.88. The summed E-state index contributed by atoms with van der Waals surface area (Å²) in [5.74, 6) is -0.784. The Kier molecular flexibility index (Phi) is 4.67. The summed E-state index contributed by atoms with van der Waals surface area (Å²) in [6.45, 7) is 1.48. The van der Waals surface area contributed by atoms with Crippen LogP contribution in [0.25, 0.3) is 11.0 Å². The first-order chi connectivity index (χ1) is 13.1. The van der Waals surface area contributed by atoms with Gasteiger partial charge in [0.25, 0.3) is 5.91 Å². The molecule has 1 amide bonds. The average molecular weight is 363 g/mol. The fraction of sp³-hybridized carbons (Fsp3) is 0.273. The maximum absolute atomic E-state index is 12.3. The van der Waals surface area contributed by atoms with Crippen molar-refractivity contribution in [1.29, 1.82) is 0 Å². The van der Waals surface area contributed by atoms with Gasteiger partial charge in [-0.2, -0.15) is 0 Å². The van der Waals surface area contributed by atoms with Crippen LogP contribution in [0, 0.1) is 6.92 Å². The molecule has 0 saturated heterocycles. The SMILES string of the molecule is Cc1c(C(=O)OCC(=O)NC2CCCc3ccccc32)oc2ccccc12. The van der Waals surface area contributed by atoms with Crippen molar-refractivity contribution in [3.8, 4) is 0 Å². The quantitative estimate of drug-likeness (QED) is 0.709. The first kappa shape index (κ1) is 17.3.